The van der Waals surface area contributed by atoms with Gasteiger partial charge in [-0.1, -0.05) is 43.3 Å². The largest absolute Gasteiger partial charge is 0.478 e. The number of carbonyl (C=O) groups excluding carboxylic acids is 3. The fourth-order valence-corrected chi connectivity index (χ4v) is 4.35. The Morgan fingerprint density at radius 3 is 2.10 bits per heavy atom. The van der Waals surface area contributed by atoms with E-state index in [9.17, 15) is 44.3 Å². The van der Waals surface area contributed by atoms with Crippen LogP contribution in [-0.4, -0.2) is 55.7 Å². The summed E-state index contributed by atoms with van der Waals surface area (Å²) in [6, 6.07) is 14.3. The number of nitro groups is 1. The van der Waals surface area contributed by atoms with Gasteiger partial charge in [0.15, 0.2) is 0 Å². The van der Waals surface area contributed by atoms with E-state index in [1.807, 2.05) is 0 Å². The SMILES string of the molecule is CCc1cc(C[C@H](N)C(=O)N(Cc2ccc([N+](=O)[O-])cc2)C(C)=O)ccc1N(C(=O)C(=O)O)c1ccccc1C(=O)O. The number of aliphatic carboxylic acids is 1. The highest BCUT2D eigenvalue weighted by atomic mass is 16.6. The van der Waals surface area contributed by atoms with E-state index in [1.165, 1.54) is 67.6 Å². The topological polar surface area (TPSA) is 201 Å². The molecule has 0 heterocycles. The maximum Gasteiger partial charge on any atom is 0.395 e. The number of imide groups is 1. The van der Waals surface area contributed by atoms with E-state index in [-0.39, 0.29) is 35.6 Å². The minimum absolute atomic E-state index is 0.0191. The molecule has 1 atom stereocenters. The molecule has 13 nitrogen and oxygen atoms in total. The highest BCUT2D eigenvalue weighted by Crippen LogP contribution is 2.33. The van der Waals surface area contributed by atoms with Gasteiger partial charge in [0.25, 0.3) is 5.69 Å². The second-order valence-electron chi connectivity index (χ2n) is 9.26. The molecule has 0 bridgehead atoms. The lowest BCUT2D eigenvalue weighted by atomic mass is 9.99. The van der Waals surface area contributed by atoms with Crippen molar-refractivity contribution in [3.05, 3.63) is 99.1 Å². The van der Waals surface area contributed by atoms with Crippen molar-refractivity contribution in [3.8, 4) is 0 Å². The number of nitro benzene ring substituents is 1. The molecule has 0 aliphatic carbocycles. The Kier molecular flexibility index (Phi) is 9.84. The van der Waals surface area contributed by atoms with Gasteiger partial charge in [0.1, 0.15) is 0 Å². The first-order valence-electron chi connectivity index (χ1n) is 12.7. The summed E-state index contributed by atoms with van der Waals surface area (Å²) in [5.74, 6) is -5.75. The number of anilines is 2. The molecule has 13 heteroatoms. The van der Waals surface area contributed by atoms with Crippen molar-refractivity contribution >= 4 is 46.7 Å². The molecule has 0 spiro atoms. The minimum atomic E-state index is -1.79. The fourth-order valence-electron chi connectivity index (χ4n) is 4.35. The zero-order valence-corrected chi connectivity index (χ0v) is 22.7. The average Bonchev–Trinajstić information content (AvgIpc) is 2.96. The van der Waals surface area contributed by atoms with Gasteiger partial charge in [0.2, 0.25) is 11.8 Å². The van der Waals surface area contributed by atoms with E-state index < -0.39 is 40.6 Å². The molecule has 3 aromatic rings. The van der Waals surface area contributed by atoms with Crippen LogP contribution in [0.2, 0.25) is 0 Å². The number of benzene rings is 3. The first-order valence-corrected chi connectivity index (χ1v) is 12.7. The lowest BCUT2D eigenvalue weighted by Crippen LogP contribution is -2.46. The number of aromatic carboxylic acids is 1. The molecule has 0 unspecified atom stereocenters. The van der Waals surface area contributed by atoms with Crippen LogP contribution in [0.4, 0.5) is 17.1 Å². The van der Waals surface area contributed by atoms with Crippen LogP contribution in [0.15, 0.2) is 66.7 Å². The Balaban J connectivity index is 1.91. The van der Waals surface area contributed by atoms with Crippen molar-refractivity contribution in [1.82, 2.24) is 4.90 Å². The number of non-ortho nitro benzene ring substituents is 1. The number of nitrogens with zero attached hydrogens (tertiary/aromatic N) is 3. The molecule has 0 radical (unpaired) electrons. The number of carbonyl (C=O) groups is 5. The van der Waals surface area contributed by atoms with Gasteiger partial charge in [-0.05, 0) is 47.7 Å². The number of nitrogens with two attached hydrogens (primary N) is 1. The normalized spacial score (nSPS) is 11.3. The van der Waals surface area contributed by atoms with Gasteiger partial charge in [-0.3, -0.25) is 34.3 Å². The van der Waals surface area contributed by atoms with E-state index in [0.29, 0.717) is 23.1 Å². The molecular weight excluding hydrogens is 548 g/mol. The zero-order chi connectivity index (χ0) is 31.1. The molecule has 4 N–H and O–H groups in total. The predicted molar refractivity (Wildman–Crippen MR) is 150 cm³/mol. The van der Waals surface area contributed by atoms with Crippen molar-refractivity contribution in [3.63, 3.8) is 0 Å². The summed E-state index contributed by atoms with van der Waals surface area (Å²) in [5.41, 5.74) is 7.30. The molecule has 3 aromatic carbocycles. The van der Waals surface area contributed by atoms with Crippen LogP contribution >= 0.6 is 0 Å². The van der Waals surface area contributed by atoms with E-state index >= 15 is 0 Å². The van der Waals surface area contributed by atoms with E-state index in [4.69, 9.17) is 5.73 Å². The number of para-hydroxylation sites is 1. The number of amides is 3. The summed E-state index contributed by atoms with van der Waals surface area (Å²) in [5, 5.41) is 30.0. The average molecular weight is 577 g/mol. The van der Waals surface area contributed by atoms with Gasteiger partial charge < -0.3 is 15.9 Å². The number of carboxylic acid groups (broad SMARTS) is 2. The van der Waals surface area contributed by atoms with Gasteiger partial charge in [-0.15, -0.1) is 0 Å². The Bertz CT molecular complexity index is 1550. The van der Waals surface area contributed by atoms with Gasteiger partial charge in [-0.2, -0.15) is 0 Å². The van der Waals surface area contributed by atoms with Gasteiger partial charge in [0, 0.05) is 19.1 Å². The summed E-state index contributed by atoms with van der Waals surface area (Å²) in [6.07, 6.45) is 0.291. The molecule has 42 heavy (non-hydrogen) atoms. The molecule has 3 amide bonds. The number of aryl methyl sites for hydroxylation is 1. The van der Waals surface area contributed by atoms with Crippen molar-refractivity contribution in [2.45, 2.75) is 39.3 Å². The fraction of sp³-hybridized carbons (Fsp3) is 0.207. The monoisotopic (exact) mass is 576 g/mol. The quantitative estimate of drug-likeness (QED) is 0.183. The van der Waals surface area contributed by atoms with Crippen molar-refractivity contribution in [2.75, 3.05) is 4.90 Å². The maximum absolute atomic E-state index is 13.1. The zero-order valence-electron chi connectivity index (χ0n) is 22.7. The van der Waals surface area contributed by atoms with Crippen LogP contribution in [-0.2, 0) is 38.6 Å². The Morgan fingerprint density at radius 1 is 0.929 bits per heavy atom. The third-order valence-electron chi connectivity index (χ3n) is 6.43. The Hall–Kier alpha value is -5.43. The lowest BCUT2D eigenvalue weighted by Gasteiger charge is -2.26. The minimum Gasteiger partial charge on any atom is -0.478 e. The summed E-state index contributed by atoms with van der Waals surface area (Å²) < 4.78 is 0. The number of rotatable bonds is 10. The van der Waals surface area contributed by atoms with Crippen molar-refractivity contribution in [2.24, 2.45) is 5.73 Å². The van der Waals surface area contributed by atoms with Crippen LogP contribution in [0.1, 0.15) is 40.9 Å². The number of hydrogen-bond acceptors (Lipinski definition) is 8. The Morgan fingerprint density at radius 2 is 1.55 bits per heavy atom. The van der Waals surface area contributed by atoms with Gasteiger partial charge >= 0.3 is 17.8 Å². The highest BCUT2D eigenvalue weighted by Gasteiger charge is 2.30. The van der Waals surface area contributed by atoms with Crippen LogP contribution in [0.5, 0.6) is 0 Å². The van der Waals surface area contributed by atoms with Crippen molar-refractivity contribution in [1.29, 1.82) is 0 Å². The molecule has 0 aromatic heterocycles. The smallest absolute Gasteiger partial charge is 0.395 e. The van der Waals surface area contributed by atoms with Crippen LogP contribution in [0, 0.1) is 10.1 Å². The first kappa shape index (κ1) is 31.1. The summed E-state index contributed by atoms with van der Waals surface area (Å²) in [7, 11) is 0. The van der Waals surface area contributed by atoms with E-state index in [1.54, 1.807) is 13.0 Å². The third kappa shape index (κ3) is 7.01. The summed E-state index contributed by atoms with van der Waals surface area (Å²) in [4.78, 5) is 73.8. The molecule has 218 valence electrons. The Labute approximate surface area is 239 Å². The number of carboxylic acids is 2. The molecular formula is C29H28N4O9. The lowest BCUT2D eigenvalue weighted by molar-refractivity contribution is -0.384. The molecule has 0 fully saturated rings. The first-order chi connectivity index (χ1) is 19.8. The van der Waals surface area contributed by atoms with E-state index in [2.05, 4.69) is 0 Å². The third-order valence-corrected chi connectivity index (χ3v) is 6.43. The van der Waals surface area contributed by atoms with E-state index in [0.717, 1.165) is 9.80 Å². The van der Waals surface area contributed by atoms with Crippen LogP contribution < -0.4 is 10.6 Å². The van der Waals surface area contributed by atoms with Gasteiger partial charge in [0.05, 0.1) is 34.4 Å². The molecule has 0 aliphatic rings. The summed E-state index contributed by atoms with van der Waals surface area (Å²) >= 11 is 0. The van der Waals surface area contributed by atoms with Crippen LogP contribution in [0.3, 0.4) is 0 Å². The summed E-state index contributed by atoms with van der Waals surface area (Å²) in [6.45, 7) is 2.80. The second-order valence-corrected chi connectivity index (χ2v) is 9.26. The second kappa shape index (κ2) is 13.3. The van der Waals surface area contributed by atoms with Crippen LogP contribution in [0.25, 0.3) is 0 Å². The van der Waals surface area contributed by atoms with Gasteiger partial charge in [-0.25, -0.2) is 9.59 Å². The molecule has 0 saturated carbocycles. The standard InChI is InChI=1S/C29H28N4O9/c1-3-20-14-19(10-13-24(20)32(27(36)29(39)40)25-7-5-4-6-22(25)28(37)38)15-23(30)26(35)31(17(2)34)16-18-8-11-21(12-9-18)33(41)42/h4-14,23H,3,15-16,30H2,1-2H3,(H,37,38)(H,39,40)/t23-/m0/s1. The maximum atomic E-state index is 13.1. The molecule has 0 saturated heterocycles. The number of hydrogen-bond donors (Lipinski definition) is 3. The predicted octanol–water partition coefficient (Wildman–Crippen LogP) is 3.05. The van der Waals surface area contributed by atoms with Crippen molar-refractivity contribution < 1.29 is 39.1 Å². The molecule has 0 aliphatic heterocycles. The highest BCUT2D eigenvalue weighted by molar-refractivity contribution is 6.39. The molecule has 3 rings (SSSR count).